The number of halogens is 1. The highest BCUT2D eigenvalue weighted by Crippen LogP contribution is 2.37. The van der Waals surface area contributed by atoms with Gasteiger partial charge in [-0.25, -0.2) is 4.98 Å². The van der Waals surface area contributed by atoms with Gasteiger partial charge in [0.2, 0.25) is 5.91 Å². The van der Waals surface area contributed by atoms with Crippen LogP contribution in [0, 0.1) is 11.3 Å². The van der Waals surface area contributed by atoms with Crippen molar-refractivity contribution in [3.63, 3.8) is 0 Å². The van der Waals surface area contributed by atoms with Gasteiger partial charge in [0.05, 0.1) is 24.3 Å². The summed E-state index contributed by atoms with van der Waals surface area (Å²) in [5.41, 5.74) is 2.34. The summed E-state index contributed by atoms with van der Waals surface area (Å²) < 4.78 is 7.96. The smallest absolute Gasteiger partial charge is 0.270 e. The molecule has 8 nitrogen and oxygen atoms in total. The number of hydrogen-bond donors (Lipinski definition) is 2. The summed E-state index contributed by atoms with van der Waals surface area (Å²) in [5.74, 6) is 1.00. The summed E-state index contributed by atoms with van der Waals surface area (Å²) in [6.07, 6.45) is 3.01. The van der Waals surface area contributed by atoms with E-state index >= 15 is 0 Å². The first kappa shape index (κ1) is 20.1. The standard InChI is InChI=1S/C23H18ClN5O3/c24-17-4-3-16-7-15(17)10-27-22(30)12-28-23(31)19-11-26-21-6-5-18(29(19)21)13-1-2-14(9-25)20(8-13)32-16/h1-4,7-8,11,18H,5-6,10,12H2,(H,27,30)(H,28,31). The molecule has 0 saturated carbocycles. The van der Waals surface area contributed by atoms with E-state index in [0.29, 0.717) is 33.3 Å². The van der Waals surface area contributed by atoms with Crippen LogP contribution < -0.4 is 15.4 Å². The molecule has 0 spiro atoms. The van der Waals surface area contributed by atoms with E-state index in [2.05, 4.69) is 21.7 Å². The van der Waals surface area contributed by atoms with E-state index in [-0.39, 0.29) is 30.9 Å². The van der Waals surface area contributed by atoms with Gasteiger partial charge in [-0.3, -0.25) is 9.59 Å². The van der Waals surface area contributed by atoms with Gasteiger partial charge >= 0.3 is 0 Å². The second-order valence-electron chi connectivity index (χ2n) is 7.67. The molecule has 2 N–H and O–H groups in total. The summed E-state index contributed by atoms with van der Waals surface area (Å²) in [7, 11) is 0. The third kappa shape index (κ3) is 3.57. The van der Waals surface area contributed by atoms with Gasteiger partial charge in [0, 0.05) is 18.0 Å². The van der Waals surface area contributed by atoms with Gasteiger partial charge in [0.15, 0.2) is 0 Å². The lowest BCUT2D eigenvalue weighted by Crippen LogP contribution is -2.37. The number of imidazole rings is 1. The van der Waals surface area contributed by atoms with Crippen molar-refractivity contribution in [3.8, 4) is 17.6 Å². The van der Waals surface area contributed by atoms with Crippen molar-refractivity contribution < 1.29 is 14.3 Å². The number of amides is 2. The lowest BCUT2D eigenvalue weighted by atomic mass is 10.0. The topological polar surface area (TPSA) is 109 Å². The maximum absolute atomic E-state index is 12.8. The molecular formula is C23H18ClN5O3. The van der Waals surface area contributed by atoms with Gasteiger partial charge in [-0.1, -0.05) is 17.7 Å². The highest BCUT2D eigenvalue weighted by molar-refractivity contribution is 6.31. The van der Waals surface area contributed by atoms with E-state index in [0.717, 1.165) is 24.2 Å². The quantitative estimate of drug-likeness (QED) is 0.550. The summed E-state index contributed by atoms with van der Waals surface area (Å²) in [6, 6.07) is 12.6. The monoisotopic (exact) mass is 447 g/mol. The van der Waals surface area contributed by atoms with E-state index in [9.17, 15) is 14.9 Å². The Bertz CT molecular complexity index is 1290. The molecule has 0 fully saturated rings. The number of benzene rings is 2. The predicted octanol–water partition coefficient (Wildman–Crippen LogP) is 3.10. The number of hydrogen-bond acceptors (Lipinski definition) is 5. The fraction of sp³-hybridized carbons (Fsp3) is 0.217. The molecule has 2 amide bonds. The number of aryl methyl sites for hydroxylation is 1. The molecule has 3 aromatic rings. The van der Waals surface area contributed by atoms with Crippen LogP contribution in [-0.2, 0) is 17.8 Å². The minimum Gasteiger partial charge on any atom is -0.456 e. The van der Waals surface area contributed by atoms with E-state index < -0.39 is 0 Å². The van der Waals surface area contributed by atoms with Crippen LogP contribution in [-0.4, -0.2) is 27.9 Å². The number of carbonyl (C=O) groups is 2. The Hall–Kier alpha value is -3.83. The lowest BCUT2D eigenvalue weighted by molar-refractivity contribution is -0.120. The number of nitrogens with zero attached hydrogens (tertiary/aromatic N) is 3. The lowest BCUT2D eigenvalue weighted by Gasteiger charge is -2.19. The van der Waals surface area contributed by atoms with Crippen LogP contribution in [0.5, 0.6) is 11.5 Å². The highest BCUT2D eigenvalue weighted by atomic mass is 35.5. The van der Waals surface area contributed by atoms with Crippen molar-refractivity contribution in [2.24, 2.45) is 0 Å². The molecule has 0 radical (unpaired) electrons. The Balaban J connectivity index is 1.63. The molecular weight excluding hydrogens is 430 g/mol. The Labute approximate surface area is 188 Å². The van der Waals surface area contributed by atoms with Crippen molar-refractivity contribution in [2.75, 3.05) is 6.54 Å². The summed E-state index contributed by atoms with van der Waals surface area (Å²) in [5, 5.41) is 15.5. The molecule has 2 aliphatic rings. The Morgan fingerprint density at radius 2 is 2.03 bits per heavy atom. The second kappa shape index (κ2) is 8.02. The van der Waals surface area contributed by atoms with Gasteiger partial charge in [-0.15, -0.1) is 0 Å². The van der Waals surface area contributed by atoms with Crippen LogP contribution in [0.25, 0.3) is 0 Å². The predicted molar refractivity (Wildman–Crippen MR) is 116 cm³/mol. The van der Waals surface area contributed by atoms with Crippen LogP contribution in [0.15, 0.2) is 42.6 Å². The number of ether oxygens (including phenoxy) is 1. The van der Waals surface area contributed by atoms with Crippen molar-refractivity contribution in [3.05, 3.63) is 75.8 Å². The van der Waals surface area contributed by atoms with Crippen LogP contribution in [0.2, 0.25) is 5.02 Å². The number of aromatic nitrogens is 2. The van der Waals surface area contributed by atoms with Gasteiger partial charge in [-0.2, -0.15) is 5.26 Å². The van der Waals surface area contributed by atoms with Crippen LogP contribution >= 0.6 is 11.6 Å². The Morgan fingerprint density at radius 3 is 2.88 bits per heavy atom. The van der Waals surface area contributed by atoms with Crippen molar-refractivity contribution in [2.45, 2.75) is 25.4 Å². The molecule has 1 atom stereocenters. The third-order valence-corrected chi connectivity index (χ3v) is 6.07. The minimum absolute atomic E-state index is 0.133. The number of nitrogens with one attached hydrogen (secondary N) is 2. The maximum Gasteiger partial charge on any atom is 0.270 e. The van der Waals surface area contributed by atoms with E-state index in [1.807, 2.05) is 16.7 Å². The molecule has 3 heterocycles. The maximum atomic E-state index is 12.8. The number of nitriles is 1. The third-order valence-electron chi connectivity index (χ3n) is 5.70. The Morgan fingerprint density at radius 1 is 1.16 bits per heavy atom. The number of carbonyl (C=O) groups excluding carboxylic acids is 2. The van der Waals surface area contributed by atoms with E-state index in [4.69, 9.17) is 16.3 Å². The molecule has 160 valence electrons. The van der Waals surface area contributed by atoms with Crippen molar-refractivity contribution in [1.82, 2.24) is 20.2 Å². The molecule has 0 saturated heterocycles. The molecule has 5 rings (SSSR count). The zero-order chi connectivity index (χ0) is 22.2. The highest BCUT2D eigenvalue weighted by Gasteiger charge is 2.30. The first-order valence-electron chi connectivity index (χ1n) is 10.1. The average Bonchev–Trinajstić information content (AvgIpc) is 3.39. The van der Waals surface area contributed by atoms with Gasteiger partial charge in [-0.05, 0) is 47.9 Å². The molecule has 32 heavy (non-hydrogen) atoms. The zero-order valence-electron chi connectivity index (χ0n) is 16.9. The van der Waals surface area contributed by atoms with E-state index in [1.54, 1.807) is 24.3 Å². The van der Waals surface area contributed by atoms with Gasteiger partial charge < -0.3 is 19.9 Å². The molecule has 4 bridgehead atoms. The average molecular weight is 448 g/mol. The molecule has 1 unspecified atom stereocenters. The van der Waals surface area contributed by atoms with Crippen molar-refractivity contribution >= 4 is 23.4 Å². The Kier molecular flexibility index (Phi) is 5.04. The fourth-order valence-corrected chi connectivity index (χ4v) is 4.30. The molecule has 9 heteroatoms. The van der Waals surface area contributed by atoms with Crippen molar-refractivity contribution in [1.29, 1.82) is 5.26 Å². The number of rotatable bonds is 0. The molecule has 1 aromatic heterocycles. The van der Waals surface area contributed by atoms with E-state index in [1.165, 1.54) is 6.20 Å². The molecule has 0 aliphatic carbocycles. The summed E-state index contributed by atoms with van der Waals surface area (Å²) in [4.78, 5) is 29.5. The van der Waals surface area contributed by atoms with Crippen LogP contribution in [0.4, 0.5) is 0 Å². The normalized spacial score (nSPS) is 17.6. The largest absolute Gasteiger partial charge is 0.456 e. The van der Waals surface area contributed by atoms with Gasteiger partial charge in [0.25, 0.3) is 5.91 Å². The SMILES string of the molecule is N#Cc1ccc2cc1Oc1ccc(Cl)c(c1)CNC(=O)CNC(=O)c1cnc3n1C2CC3. The fourth-order valence-electron chi connectivity index (χ4n) is 4.12. The second-order valence-corrected chi connectivity index (χ2v) is 8.07. The van der Waals surface area contributed by atoms with Crippen LogP contribution in [0.1, 0.15) is 45.5 Å². The summed E-state index contributed by atoms with van der Waals surface area (Å²) in [6.45, 7) is -0.00111. The molecule has 2 aliphatic heterocycles. The first-order chi connectivity index (χ1) is 15.5. The summed E-state index contributed by atoms with van der Waals surface area (Å²) >= 11 is 6.27. The van der Waals surface area contributed by atoms with Crippen LogP contribution in [0.3, 0.4) is 0 Å². The molecule has 2 aromatic carbocycles. The minimum atomic E-state index is -0.372. The van der Waals surface area contributed by atoms with Gasteiger partial charge in [0.1, 0.15) is 29.1 Å². The zero-order valence-corrected chi connectivity index (χ0v) is 17.6. The first-order valence-corrected chi connectivity index (χ1v) is 10.5. The number of fused-ring (bicyclic) bond motifs is 5.